The normalized spacial score (nSPS) is 11.7. The molecule has 0 fully saturated rings. The summed E-state index contributed by atoms with van der Waals surface area (Å²) in [5.41, 5.74) is 18.6. The van der Waals surface area contributed by atoms with E-state index in [1.54, 1.807) is 0 Å². The molecule has 0 amide bonds. The number of allylic oxidation sites excluding steroid dienone is 2. The third-order valence-electron chi connectivity index (χ3n) is 20.9. The van der Waals surface area contributed by atoms with Crippen LogP contribution in [0, 0.1) is 0 Å². The second-order valence-corrected chi connectivity index (χ2v) is 31.8. The summed E-state index contributed by atoms with van der Waals surface area (Å²) in [5.74, 6) is 3.03. The van der Waals surface area contributed by atoms with Crippen molar-refractivity contribution in [1.29, 1.82) is 0 Å². The molecule has 0 heterocycles. The van der Waals surface area contributed by atoms with Gasteiger partial charge in [0.15, 0.2) is 0 Å². The molecule has 0 aliphatic heterocycles. The van der Waals surface area contributed by atoms with E-state index in [1.165, 1.54) is 449 Å². The topological polar surface area (TPSA) is 36.4 Å². The Kier molecular flexibility index (Phi) is 73.7. The maximum atomic E-state index is 9.61. The fraction of sp³-hybridized carbons (Fsp3) is 0.828. The zero-order valence-electron chi connectivity index (χ0n) is 66.0. The van der Waals surface area contributed by atoms with Crippen molar-refractivity contribution in [2.24, 2.45) is 0 Å². The molecule has 2 aromatic carbocycles. The van der Waals surface area contributed by atoms with Crippen LogP contribution in [0.2, 0.25) is 10.8 Å². The van der Waals surface area contributed by atoms with E-state index in [2.05, 4.69) is 115 Å². The molecular weight excluding hydrogens is 1200 g/mol. The minimum Gasteiger partial charge on any atom is -0.0654 e. The van der Waals surface area contributed by atoms with E-state index < -0.39 is 0 Å². The van der Waals surface area contributed by atoms with Crippen LogP contribution < -0.4 is 0 Å². The SMILES string of the molecule is CCCCCCC(=C=[N+]=[N-])C(CCCCC)=C(c1ccc(CCCC)cc1)c1cccc(CCCC)c1.CCCCCCCCCCCCCCCCCCCCCCCCCCCC[CH2][Ni][CH2]CCCCCCCCCCCCCCCCCCCCCCCCCCCC. The summed E-state index contributed by atoms with van der Waals surface area (Å²) in [7, 11) is 0. The fourth-order valence-electron chi connectivity index (χ4n) is 14.4. The molecule has 560 valence electrons. The molecule has 3 heteroatoms. The van der Waals surface area contributed by atoms with Gasteiger partial charge < -0.3 is 5.53 Å². The number of hydrogen-bond donors (Lipinski definition) is 0. The van der Waals surface area contributed by atoms with Crippen molar-refractivity contribution in [1.82, 2.24) is 0 Å². The summed E-state index contributed by atoms with van der Waals surface area (Å²) >= 11 is 2.05. The third-order valence-corrected chi connectivity index (χ3v) is 22.3. The average molecular weight is 1370 g/mol. The molecule has 0 aliphatic carbocycles. The zero-order chi connectivity index (χ0) is 69.0. The smallest absolute Gasteiger partial charge is 0.0654 e. The van der Waals surface area contributed by atoms with Gasteiger partial charge in [-0.25, -0.2) is 0 Å². The number of rotatable bonds is 74. The van der Waals surface area contributed by atoms with Crippen LogP contribution >= 0.6 is 0 Å². The van der Waals surface area contributed by atoms with Gasteiger partial charge in [0.2, 0.25) is 0 Å². The fourth-order valence-corrected chi connectivity index (χ4v) is 15.7. The van der Waals surface area contributed by atoms with Gasteiger partial charge in [0.25, 0.3) is 0 Å². The Labute approximate surface area is 609 Å². The van der Waals surface area contributed by atoms with Crippen LogP contribution in [0.25, 0.3) is 11.1 Å². The van der Waals surface area contributed by atoms with Crippen molar-refractivity contribution in [3.8, 4) is 0 Å². The monoisotopic (exact) mass is 1370 g/mol. The molecule has 0 spiro atoms. The van der Waals surface area contributed by atoms with Crippen LogP contribution in [0.4, 0.5) is 0 Å². The van der Waals surface area contributed by atoms with E-state index in [1.807, 2.05) is 0 Å². The van der Waals surface area contributed by atoms with Crippen molar-refractivity contribution in [2.45, 2.75) is 495 Å². The number of hydrogen-bond acceptors (Lipinski definition) is 0. The minimum absolute atomic E-state index is 0.902. The standard InChI is InChI=1S/C35H50N2.2C29H59.Ni/c1-5-9-13-15-20-33(28-37-36)34(22-14-10-6-2)35(31-25-23-29(24-26-31)17-11-7-3)32-21-16-19-30(27-32)18-12-8-4;2*1-3-5-7-9-11-13-15-17-19-21-23-25-27-29-28-26-24-22-20-18-16-14-12-10-8-6-4-2;/h16,19,21,23-27H,5-15,17-18,20,22H2,1-4H3;2*1,3-29H2,2H3;. The first-order valence-corrected chi connectivity index (χ1v) is 45.3. The maximum absolute atomic E-state index is 9.61. The van der Waals surface area contributed by atoms with E-state index >= 15 is 0 Å². The van der Waals surface area contributed by atoms with Gasteiger partial charge in [-0.2, -0.15) is 0 Å². The molecule has 2 rings (SSSR count). The van der Waals surface area contributed by atoms with Gasteiger partial charge in [0.05, 0.1) is 5.57 Å². The molecule has 0 aromatic heterocycles. The molecule has 0 saturated heterocycles. The predicted octanol–water partition coefficient (Wildman–Crippen LogP) is 33.6. The molecule has 0 atom stereocenters. The second kappa shape index (κ2) is 77.0. The third kappa shape index (κ3) is 60.6. The summed E-state index contributed by atoms with van der Waals surface area (Å²) in [6.45, 7) is 13.6. The first kappa shape index (κ1) is 91.8. The molecule has 0 radical (unpaired) electrons. The van der Waals surface area contributed by atoms with Gasteiger partial charge in [-0.3, -0.25) is 0 Å². The van der Waals surface area contributed by atoms with Gasteiger partial charge in [-0.15, -0.1) is 4.79 Å². The summed E-state index contributed by atoms with van der Waals surface area (Å²) in [6, 6.07) is 18.4. The molecule has 0 N–H and O–H groups in total. The minimum atomic E-state index is 0.902. The van der Waals surface area contributed by atoms with Crippen molar-refractivity contribution in [3.63, 3.8) is 0 Å². The van der Waals surface area contributed by atoms with Gasteiger partial charge in [-0.05, 0) is 84.8 Å². The summed E-state index contributed by atoms with van der Waals surface area (Å²) < 4.78 is 0. The molecule has 0 saturated carbocycles. The Balaban J connectivity index is 0.00000106. The van der Waals surface area contributed by atoms with Gasteiger partial charge in [-0.1, -0.05) is 340 Å². The Morgan fingerprint density at radius 1 is 0.281 bits per heavy atom. The average Bonchev–Trinajstić information content (AvgIpc) is 0.816. The van der Waals surface area contributed by atoms with Crippen LogP contribution in [0.1, 0.15) is 494 Å². The quantitative estimate of drug-likeness (QED) is 0.0158. The van der Waals surface area contributed by atoms with Crippen molar-refractivity contribution < 1.29 is 19.2 Å². The van der Waals surface area contributed by atoms with Crippen molar-refractivity contribution in [3.05, 3.63) is 87.5 Å². The van der Waals surface area contributed by atoms with Crippen molar-refractivity contribution in [2.75, 3.05) is 0 Å². The Morgan fingerprint density at radius 3 is 0.865 bits per heavy atom. The number of benzene rings is 2. The van der Waals surface area contributed by atoms with Crippen molar-refractivity contribution >= 4 is 11.4 Å². The molecule has 0 unspecified atom stereocenters. The molecular formula is C93H168N2Ni. The first-order chi connectivity index (χ1) is 47.6. The molecule has 96 heavy (non-hydrogen) atoms. The van der Waals surface area contributed by atoms with Crippen LogP contribution in [0.3, 0.4) is 0 Å². The Morgan fingerprint density at radius 2 is 0.552 bits per heavy atom. The number of aryl methyl sites for hydroxylation is 2. The summed E-state index contributed by atoms with van der Waals surface area (Å²) in [5, 5.41) is 2.87. The van der Waals surface area contributed by atoms with E-state index in [0.717, 1.165) is 44.1 Å². The van der Waals surface area contributed by atoms with Gasteiger partial charge >= 0.3 is 172 Å². The second-order valence-electron chi connectivity index (χ2n) is 30.3. The van der Waals surface area contributed by atoms with Crippen LogP contribution in [-0.2, 0) is 27.3 Å². The van der Waals surface area contributed by atoms with E-state index in [4.69, 9.17) is 0 Å². The van der Waals surface area contributed by atoms with Gasteiger partial charge in [0.1, 0.15) is 0 Å². The summed E-state index contributed by atoms with van der Waals surface area (Å²) in [4.78, 5) is 3.44. The van der Waals surface area contributed by atoms with Gasteiger partial charge in [0, 0.05) is 0 Å². The molecule has 2 aromatic rings. The molecule has 0 bridgehead atoms. The Bertz CT molecular complexity index is 1930. The predicted molar refractivity (Wildman–Crippen MR) is 431 cm³/mol. The molecule has 0 aliphatic rings. The van der Waals surface area contributed by atoms with E-state index in [0.29, 0.717) is 0 Å². The van der Waals surface area contributed by atoms with Crippen LogP contribution in [0.5, 0.6) is 0 Å². The zero-order valence-corrected chi connectivity index (χ0v) is 67.0. The van der Waals surface area contributed by atoms with Crippen LogP contribution in [0.15, 0.2) is 59.7 Å². The summed E-state index contributed by atoms with van der Waals surface area (Å²) in [6.07, 6.45) is 97.4. The number of unbranched alkanes of at least 4 members (excludes halogenated alkanes) is 59. The Hall–Kier alpha value is -2.17. The van der Waals surface area contributed by atoms with E-state index in [9.17, 15) is 5.53 Å². The number of nitrogens with zero attached hydrogens (tertiary/aromatic N) is 2. The van der Waals surface area contributed by atoms with Crippen LogP contribution in [-0.4, -0.2) is 10.7 Å². The van der Waals surface area contributed by atoms with E-state index in [-0.39, 0.29) is 0 Å². The molecule has 2 nitrogen and oxygen atoms in total. The first-order valence-electron chi connectivity index (χ1n) is 43.9.